The molecule has 0 fully saturated rings. The van der Waals surface area contributed by atoms with Crippen LogP contribution in [0.5, 0.6) is 0 Å². The Morgan fingerprint density at radius 3 is 2.50 bits per heavy atom. The monoisotopic (exact) mass is 261 g/mol. The molecule has 0 unspecified atom stereocenters. The van der Waals surface area contributed by atoms with Crippen LogP contribution in [0.15, 0.2) is 47.5 Å². The number of pyridine rings is 1. The molecule has 1 N–H and O–H groups in total. The Morgan fingerprint density at radius 1 is 1.00 bits per heavy atom. The number of H-pyrrole nitrogens is 1. The first-order chi connectivity index (χ1) is 9.75. The van der Waals surface area contributed by atoms with E-state index in [4.69, 9.17) is 0 Å². The molecular weight excluding hydrogens is 250 g/mol. The molecule has 0 aliphatic heterocycles. The number of aromatic amines is 1. The summed E-state index contributed by atoms with van der Waals surface area (Å²) in [6.45, 7) is 1.93. The number of hydrogen-bond acceptors (Lipinski definition) is 3. The Morgan fingerprint density at radius 2 is 1.70 bits per heavy atom. The minimum atomic E-state index is -0.0941. The number of fused-ring (bicyclic) bond motifs is 6. The van der Waals surface area contributed by atoms with Gasteiger partial charge in [-0.15, -0.1) is 0 Å². The average molecular weight is 261 g/mol. The number of aromatic nitrogens is 3. The molecule has 2 aromatic heterocycles. The highest BCUT2D eigenvalue weighted by Gasteiger charge is 2.12. The maximum atomic E-state index is 11.8. The molecule has 0 bridgehead atoms. The first-order valence-corrected chi connectivity index (χ1v) is 6.41. The van der Waals surface area contributed by atoms with Gasteiger partial charge in [0, 0.05) is 34.6 Å². The maximum absolute atomic E-state index is 11.8. The quantitative estimate of drug-likeness (QED) is 0.495. The number of benzene rings is 2. The van der Waals surface area contributed by atoms with Crippen LogP contribution in [0.1, 0.15) is 5.56 Å². The SMILES string of the molecule is Cc1cc(=O)[nH]c2c3ccccc3c3nccnc3c12. The molecule has 0 radical (unpaired) electrons. The van der Waals surface area contributed by atoms with Gasteiger partial charge in [-0.3, -0.25) is 14.8 Å². The zero-order chi connectivity index (χ0) is 13.7. The van der Waals surface area contributed by atoms with E-state index in [2.05, 4.69) is 15.0 Å². The maximum Gasteiger partial charge on any atom is 0.248 e. The predicted molar refractivity (Wildman–Crippen MR) is 79.9 cm³/mol. The molecule has 4 nitrogen and oxygen atoms in total. The molecule has 2 aromatic carbocycles. The summed E-state index contributed by atoms with van der Waals surface area (Å²) in [7, 11) is 0. The van der Waals surface area contributed by atoms with Gasteiger partial charge in [0.2, 0.25) is 5.56 Å². The van der Waals surface area contributed by atoms with Crippen molar-refractivity contribution in [2.24, 2.45) is 0 Å². The van der Waals surface area contributed by atoms with Gasteiger partial charge >= 0.3 is 0 Å². The summed E-state index contributed by atoms with van der Waals surface area (Å²) in [4.78, 5) is 23.7. The highest BCUT2D eigenvalue weighted by atomic mass is 16.1. The largest absolute Gasteiger partial charge is 0.321 e. The van der Waals surface area contributed by atoms with Gasteiger partial charge < -0.3 is 4.98 Å². The molecule has 4 rings (SSSR count). The fraction of sp³-hybridized carbons (Fsp3) is 0.0625. The number of nitrogens with zero attached hydrogens (tertiary/aromatic N) is 2. The molecule has 0 aliphatic rings. The van der Waals surface area contributed by atoms with Gasteiger partial charge in [0.1, 0.15) is 0 Å². The van der Waals surface area contributed by atoms with Crippen molar-refractivity contribution in [3.63, 3.8) is 0 Å². The molecule has 20 heavy (non-hydrogen) atoms. The topological polar surface area (TPSA) is 58.6 Å². The summed E-state index contributed by atoms with van der Waals surface area (Å²) in [5.74, 6) is 0. The number of hydrogen-bond donors (Lipinski definition) is 1. The van der Waals surface area contributed by atoms with Gasteiger partial charge in [-0.05, 0) is 12.5 Å². The number of rotatable bonds is 0. The van der Waals surface area contributed by atoms with E-state index in [9.17, 15) is 4.79 Å². The molecule has 2 heterocycles. The lowest BCUT2D eigenvalue weighted by molar-refractivity contribution is 1.27. The van der Waals surface area contributed by atoms with Crippen LogP contribution in [0.25, 0.3) is 32.7 Å². The molecule has 0 saturated heterocycles. The van der Waals surface area contributed by atoms with E-state index in [0.717, 1.165) is 38.3 Å². The van der Waals surface area contributed by atoms with Crippen LogP contribution in [-0.4, -0.2) is 15.0 Å². The lowest BCUT2D eigenvalue weighted by Crippen LogP contribution is -2.06. The van der Waals surface area contributed by atoms with Gasteiger partial charge in [-0.2, -0.15) is 0 Å². The molecule has 0 atom stereocenters. The van der Waals surface area contributed by atoms with Crippen molar-refractivity contribution < 1.29 is 0 Å². The standard InChI is InChI=1S/C16H11N3O/c1-9-8-12(20)19-14-10-4-2-3-5-11(10)15-16(13(9)14)18-7-6-17-15/h2-8H,1H3,(H,19,20). The van der Waals surface area contributed by atoms with Gasteiger partial charge in [-0.1, -0.05) is 24.3 Å². The highest BCUT2D eigenvalue weighted by Crippen LogP contribution is 2.32. The molecule has 96 valence electrons. The molecule has 4 heteroatoms. The average Bonchev–Trinajstić information content (AvgIpc) is 2.47. The summed E-state index contributed by atoms with van der Waals surface area (Å²) in [6, 6.07) is 9.54. The summed E-state index contributed by atoms with van der Waals surface area (Å²) in [5, 5.41) is 2.96. The molecular formula is C16H11N3O. The first-order valence-electron chi connectivity index (χ1n) is 6.41. The smallest absolute Gasteiger partial charge is 0.248 e. The van der Waals surface area contributed by atoms with Gasteiger partial charge in [0.25, 0.3) is 0 Å². The lowest BCUT2D eigenvalue weighted by atomic mass is 10.0. The summed E-state index contributed by atoms with van der Waals surface area (Å²) < 4.78 is 0. The van der Waals surface area contributed by atoms with Crippen molar-refractivity contribution in [3.8, 4) is 0 Å². The Hall–Kier alpha value is -2.75. The molecule has 4 aromatic rings. The van der Waals surface area contributed by atoms with Crippen LogP contribution in [0.4, 0.5) is 0 Å². The minimum absolute atomic E-state index is 0.0941. The normalized spacial score (nSPS) is 11.4. The van der Waals surface area contributed by atoms with Crippen molar-refractivity contribution in [2.75, 3.05) is 0 Å². The fourth-order valence-corrected chi connectivity index (χ4v) is 2.82. The van der Waals surface area contributed by atoms with Crippen LogP contribution >= 0.6 is 0 Å². The summed E-state index contributed by atoms with van der Waals surface area (Å²) >= 11 is 0. The van der Waals surface area contributed by atoms with Crippen LogP contribution in [0, 0.1) is 6.92 Å². The highest BCUT2D eigenvalue weighted by molar-refractivity contribution is 6.22. The Labute approximate surface area is 114 Å². The van der Waals surface area contributed by atoms with E-state index in [1.54, 1.807) is 18.5 Å². The first kappa shape index (κ1) is 11.1. The predicted octanol–water partition coefficient (Wildman–Crippen LogP) is 2.93. The minimum Gasteiger partial charge on any atom is -0.321 e. The Bertz CT molecular complexity index is 1030. The van der Waals surface area contributed by atoms with Crippen molar-refractivity contribution in [1.82, 2.24) is 15.0 Å². The number of aryl methyl sites for hydroxylation is 1. The Kier molecular flexibility index (Phi) is 2.15. The van der Waals surface area contributed by atoms with Crippen LogP contribution in [-0.2, 0) is 0 Å². The van der Waals surface area contributed by atoms with Crippen LogP contribution in [0.2, 0.25) is 0 Å². The van der Waals surface area contributed by atoms with E-state index in [0.29, 0.717) is 0 Å². The zero-order valence-electron chi connectivity index (χ0n) is 10.8. The van der Waals surface area contributed by atoms with Crippen LogP contribution < -0.4 is 5.56 Å². The van der Waals surface area contributed by atoms with Gasteiger partial charge in [0.15, 0.2) is 0 Å². The second-order valence-electron chi connectivity index (χ2n) is 4.87. The fourth-order valence-electron chi connectivity index (χ4n) is 2.82. The van der Waals surface area contributed by atoms with Crippen molar-refractivity contribution in [1.29, 1.82) is 0 Å². The van der Waals surface area contributed by atoms with Crippen molar-refractivity contribution in [3.05, 3.63) is 58.6 Å². The number of nitrogens with one attached hydrogen (secondary N) is 1. The van der Waals surface area contributed by atoms with Gasteiger partial charge in [-0.25, -0.2) is 0 Å². The van der Waals surface area contributed by atoms with Gasteiger partial charge in [0.05, 0.1) is 16.6 Å². The molecule has 0 amide bonds. The third-order valence-electron chi connectivity index (χ3n) is 3.63. The lowest BCUT2D eigenvalue weighted by Gasteiger charge is -2.09. The Balaban J connectivity index is 2.49. The van der Waals surface area contributed by atoms with E-state index >= 15 is 0 Å². The third kappa shape index (κ3) is 1.39. The summed E-state index contributed by atoms with van der Waals surface area (Å²) in [6.07, 6.45) is 3.38. The van der Waals surface area contributed by atoms with Crippen molar-refractivity contribution >= 4 is 32.7 Å². The summed E-state index contributed by atoms with van der Waals surface area (Å²) in [5.41, 5.74) is 3.35. The van der Waals surface area contributed by atoms with E-state index in [1.165, 1.54) is 0 Å². The second-order valence-corrected chi connectivity index (χ2v) is 4.87. The zero-order valence-corrected chi connectivity index (χ0v) is 10.8. The van der Waals surface area contributed by atoms with Crippen LogP contribution in [0.3, 0.4) is 0 Å². The second kappa shape index (κ2) is 3.87. The van der Waals surface area contributed by atoms with E-state index < -0.39 is 0 Å². The molecule has 0 saturated carbocycles. The molecule has 0 aliphatic carbocycles. The van der Waals surface area contributed by atoms with E-state index in [-0.39, 0.29) is 5.56 Å². The molecule has 0 spiro atoms. The van der Waals surface area contributed by atoms with Crippen molar-refractivity contribution in [2.45, 2.75) is 6.92 Å². The third-order valence-corrected chi connectivity index (χ3v) is 3.63. The van der Waals surface area contributed by atoms with E-state index in [1.807, 2.05) is 31.2 Å².